The molecular formula is C15H23NO4S. The fraction of sp³-hybridized carbons (Fsp3) is 0.533. The molecule has 0 saturated heterocycles. The maximum atomic E-state index is 12.4. The van der Waals surface area contributed by atoms with Crippen LogP contribution < -0.4 is 0 Å². The summed E-state index contributed by atoms with van der Waals surface area (Å²) in [5, 5.41) is 8.87. The predicted molar refractivity (Wildman–Crippen MR) is 81.8 cm³/mol. The van der Waals surface area contributed by atoms with Crippen LogP contribution in [-0.4, -0.2) is 37.4 Å². The number of carboxylic acid groups (broad SMARTS) is 1. The highest BCUT2D eigenvalue weighted by Crippen LogP contribution is 2.24. The molecule has 1 unspecified atom stereocenters. The molecule has 0 amide bonds. The number of nitrogens with zero attached hydrogens (tertiary/aromatic N) is 1. The zero-order chi connectivity index (χ0) is 16.4. The van der Waals surface area contributed by atoms with Gasteiger partial charge in [0, 0.05) is 13.6 Å². The topological polar surface area (TPSA) is 74.7 Å². The SMILES string of the molecule is CC(CN(C)S(=O)(=O)c1ccc(C(C)(C)C)cc1)C(=O)O. The second-order valence-electron chi connectivity index (χ2n) is 6.30. The summed E-state index contributed by atoms with van der Waals surface area (Å²) in [6, 6.07) is 6.72. The third-order valence-electron chi connectivity index (χ3n) is 3.38. The summed E-state index contributed by atoms with van der Waals surface area (Å²) in [6.45, 7) is 7.58. The van der Waals surface area contributed by atoms with E-state index in [2.05, 4.69) is 20.8 Å². The van der Waals surface area contributed by atoms with Crippen molar-refractivity contribution in [3.63, 3.8) is 0 Å². The van der Waals surface area contributed by atoms with Gasteiger partial charge in [-0.05, 0) is 23.1 Å². The second kappa shape index (κ2) is 6.15. The van der Waals surface area contributed by atoms with E-state index < -0.39 is 21.9 Å². The van der Waals surface area contributed by atoms with Gasteiger partial charge in [0.25, 0.3) is 0 Å². The van der Waals surface area contributed by atoms with Gasteiger partial charge in [0.2, 0.25) is 10.0 Å². The molecule has 1 atom stereocenters. The molecule has 0 heterocycles. The quantitative estimate of drug-likeness (QED) is 0.905. The normalized spacial score (nSPS) is 14.2. The molecule has 0 aliphatic carbocycles. The molecule has 0 bridgehead atoms. The maximum absolute atomic E-state index is 12.4. The Balaban J connectivity index is 3.00. The Labute approximate surface area is 126 Å². The summed E-state index contributed by atoms with van der Waals surface area (Å²) in [5.41, 5.74) is 0.995. The molecule has 0 aliphatic rings. The summed E-state index contributed by atoms with van der Waals surface area (Å²) in [4.78, 5) is 11.0. The molecule has 6 heteroatoms. The van der Waals surface area contributed by atoms with Crippen LogP contribution in [0.2, 0.25) is 0 Å². The Hall–Kier alpha value is -1.40. The van der Waals surface area contributed by atoms with Gasteiger partial charge < -0.3 is 5.11 Å². The van der Waals surface area contributed by atoms with E-state index in [-0.39, 0.29) is 16.9 Å². The molecule has 118 valence electrons. The Morgan fingerprint density at radius 1 is 1.24 bits per heavy atom. The van der Waals surface area contributed by atoms with Crippen LogP contribution in [0.15, 0.2) is 29.2 Å². The van der Waals surface area contributed by atoms with Crippen LogP contribution in [0.1, 0.15) is 33.3 Å². The van der Waals surface area contributed by atoms with E-state index in [9.17, 15) is 13.2 Å². The Morgan fingerprint density at radius 3 is 2.10 bits per heavy atom. The summed E-state index contributed by atoms with van der Waals surface area (Å²) >= 11 is 0. The molecular weight excluding hydrogens is 290 g/mol. The summed E-state index contributed by atoms with van der Waals surface area (Å²) < 4.78 is 25.8. The molecule has 1 aromatic rings. The second-order valence-corrected chi connectivity index (χ2v) is 8.34. The number of rotatable bonds is 5. The standard InChI is InChI=1S/C15H23NO4S/c1-11(14(17)18)10-16(5)21(19,20)13-8-6-12(7-9-13)15(2,3)4/h6-9,11H,10H2,1-5H3,(H,17,18). The third-order valence-corrected chi connectivity index (χ3v) is 5.22. The van der Waals surface area contributed by atoms with Crippen LogP contribution >= 0.6 is 0 Å². The molecule has 21 heavy (non-hydrogen) atoms. The monoisotopic (exact) mass is 313 g/mol. The molecule has 0 aliphatic heterocycles. The fourth-order valence-electron chi connectivity index (χ4n) is 1.87. The van der Waals surface area contributed by atoms with Gasteiger partial charge in [-0.2, -0.15) is 0 Å². The minimum Gasteiger partial charge on any atom is -0.481 e. The number of aliphatic carboxylic acids is 1. The van der Waals surface area contributed by atoms with Gasteiger partial charge in [-0.25, -0.2) is 12.7 Å². The van der Waals surface area contributed by atoms with E-state index in [1.54, 1.807) is 24.3 Å². The molecule has 0 spiro atoms. The van der Waals surface area contributed by atoms with Crippen molar-refractivity contribution in [2.75, 3.05) is 13.6 Å². The van der Waals surface area contributed by atoms with Gasteiger partial charge in [0.1, 0.15) is 0 Å². The number of hydrogen-bond acceptors (Lipinski definition) is 3. The number of carbonyl (C=O) groups is 1. The van der Waals surface area contributed by atoms with Crippen LogP contribution in [0.3, 0.4) is 0 Å². The van der Waals surface area contributed by atoms with Gasteiger partial charge >= 0.3 is 5.97 Å². The lowest BCUT2D eigenvalue weighted by atomic mass is 9.87. The van der Waals surface area contributed by atoms with E-state index in [0.717, 1.165) is 9.87 Å². The van der Waals surface area contributed by atoms with Crippen LogP contribution in [0, 0.1) is 5.92 Å². The van der Waals surface area contributed by atoms with Gasteiger partial charge in [0.05, 0.1) is 10.8 Å². The molecule has 5 nitrogen and oxygen atoms in total. The lowest BCUT2D eigenvalue weighted by Gasteiger charge is -2.21. The Kier molecular flexibility index (Phi) is 5.17. The first-order valence-electron chi connectivity index (χ1n) is 6.76. The summed E-state index contributed by atoms with van der Waals surface area (Å²) in [5.74, 6) is -1.77. The minimum absolute atomic E-state index is 0.0496. The fourth-order valence-corrected chi connectivity index (χ4v) is 3.13. The van der Waals surface area contributed by atoms with Crippen molar-refractivity contribution < 1.29 is 18.3 Å². The van der Waals surface area contributed by atoms with Crippen molar-refractivity contribution in [2.45, 2.75) is 38.0 Å². The van der Waals surface area contributed by atoms with E-state index in [0.29, 0.717) is 0 Å². The van der Waals surface area contributed by atoms with Crippen molar-refractivity contribution in [1.82, 2.24) is 4.31 Å². The van der Waals surface area contributed by atoms with Crippen molar-refractivity contribution in [3.05, 3.63) is 29.8 Å². The highest BCUT2D eigenvalue weighted by Gasteiger charge is 2.25. The van der Waals surface area contributed by atoms with Crippen LogP contribution in [0.25, 0.3) is 0 Å². The van der Waals surface area contributed by atoms with E-state index in [1.165, 1.54) is 14.0 Å². The Morgan fingerprint density at radius 2 is 1.71 bits per heavy atom. The lowest BCUT2D eigenvalue weighted by Crippen LogP contribution is -2.33. The molecule has 1 aromatic carbocycles. The first kappa shape index (κ1) is 17.7. The van der Waals surface area contributed by atoms with Crippen molar-refractivity contribution >= 4 is 16.0 Å². The highest BCUT2D eigenvalue weighted by atomic mass is 32.2. The predicted octanol–water partition coefficient (Wildman–Crippen LogP) is 2.33. The molecule has 0 saturated carbocycles. The van der Waals surface area contributed by atoms with Gasteiger partial charge in [-0.15, -0.1) is 0 Å². The maximum Gasteiger partial charge on any atom is 0.307 e. The zero-order valence-corrected chi connectivity index (χ0v) is 13.9. The molecule has 0 fully saturated rings. The first-order chi connectivity index (χ1) is 9.46. The average Bonchev–Trinajstić information content (AvgIpc) is 2.37. The van der Waals surface area contributed by atoms with Crippen LogP contribution in [0.5, 0.6) is 0 Å². The molecule has 0 radical (unpaired) electrons. The van der Waals surface area contributed by atoms with E-state index in [4.69, 9.17) is 5.11 Å². The van der Waals surface area contributed by atoms with E-state index >= 15 is 0 Å². The lowest BCUT2D eigenvalue weighted by molar-refractivity contribution is -0.141. The number of carboxylic acids is 1. The van der Waals surface area contributed by atoms with Crippen molar-refractivity contribution in [2.24, 2.45) is 5.92 Å². The highest BCUT2D eigenvalue weighted by molar-refractivity contribution is 7.89. The van der Waals surface area contributed by atoms with E-state index in [1.807, 2.05) is 0 Å². The summed E-state index contributed by atoms with van der Waals surface area (Å²) in [7, 11) is -2.26. The molecule has 0 aromatic heterocycles. The van der Waals surface area contributed by atoms with Crippen molar-refractivity contribution in [1.29, 1.82) is 0 Å². The first-order valence-corrected chi connectivity index (χ1v) is 8.20. The van der Waals surface area contributed by atoms with Gasteiger partial charge in [-0.1, -0.05) is 39.8 Å². The average molecular weight is 313 g/mol. The third kappa shape index (κ3) is 4.28. The number of hydrogen-bond donors (Lipinski definition) is 1. The number of sulfonamides is 1. The molecule has 1 N–H and O–H groups in total. The van der Waals surface area contributed by atoms with Gasteiger partial charge in [-0.3, -0.25) is 4.79 Å². The van der Waals surface area contributed by atoms with Gasteiger partial charge in [0.15, 0.2) is 0 Å². The minimum atomic E-state index is -3.66. The largest absolute Gasteiger partial charge is 0.481 e. The summed E-state index contributed by atoms with van der Waals surface area (Å²) in [6.07, 6.45) is 0. The Bertz CT molecular complexity index is 600. The van der Waals surface area contributed by atoms with Crippen LogP contribution in [0.4, 0.5) is 0 Å². The zero-order valence-electron chi connectivity index (χ0n) is 13.1. The smallest absolute Gasteiger partial charge is 0.307 e. The number of benzene rings is 1. The van der Waals surface area contributed by atoms with Crippen LogP contribution in [-0.2, 0) is 20.2 Å². The molecule has 1 rings (SSSR count). The van der Waals surface area contributed by atoms with Crippen molar-refractivity contribution in [3.8, 4) is 0 Å².